The first-order valence-electron chi connectivity index (χ1n) is 11.5. The van der Waals surface area contributed by atoms with Crippen molar-refractivity contribution in [2.75, 3.05) is 31.9 Å². The number of allylic oxidation sites excluding steroid dienone is 3. The van der Waals surface area contributed by atoms with Crippen LogP contribution in [-0.4, -0.2) is 61.4 Å². The van der Waals surface area contributed by atoms with Gasteiger partial charge >= 0.3 is 0 Å². The fourth-order valence-corrected chi connectivity index (χ4v) is 3.66. The summed E-state index contributed by atoms with van der Waals surface area (Å²) in [5, 5.41) is 11.5. The molecule has 4 N–H and O–H groups in total. The number of anilines is 1. The van der Waals surface area contributed by atoms with Crippen molar-refractivity contribution < 1.29 is 14.3 Å². The van der Waals surface area contributed by atoms with E-state index in [4.69, 9.17) is 15.9 Å². The largest absolute Gasteiger partial charge is 0.490 e. The molecule has 3 rings (SSSR count). The molecule has 2 aromatic carbocycles. The second kappa shape index (κ2) is 12.9. The molecule has 0 spiro atoms. The Kier molecular flexibility index (Phi) is 9.36. The molecule has 0 unspecified atom stereocenters. The predicted molar refractivity (Wildman–Crippen MR) is 140 cm³/mol. The number of ether oxygens (including phenoxy) is 1. The number of aliphatic imine (C=N–C) groups is 1. The van der Waals surface area contributed by atoms with Gasteiger partial charge in [0.05, 0.1) is 12.3 Å². The highest BCUT2D eigenvalue weighted by Crippen LogP contribution is 2.23. The van der Waals surface area contributed by atoms with E-state index in [-0.39, 0.29) is 17.7 Å². The quantitative estimate of drug-likeness (QED) is 0.153. The number of benzene rings is 2. The van der Waals surface area contributed by atoms with Gasteiger partial charge in [0.15, 0.2) is 0 Å². The van der Waals surface area contributed by atoms with Crippen LogP contribution in [0, 0.1) is 5.41 Å². The molecule has 0 aromatic heterocycles. The Bertz CT molecular complexity index is 1100. The standard InChI is InChI=1S/C27H31N5O3/c1-2-3-4-13-30-14-15-31-27(34)21-7-10-25(28)24(18-21)26(29)20-5-8-22(9-6-20)35-23-11-16-32(19-33)17-12-23/h2-10,13,18-19,23,29H,1,11-12,14-17,28H2,(H,31,34)/b4-3-,29-26?,30-13?. The summed E-state index contributed by atoms with van der Waals surface area (Å²) in [5.41, 5.74) is 8.35. The van der Waals surface area contributed by atoms with Crippen LogP contribution in [0.25, 0.3) is 0 Å². The minimum absolute atomic E-state index is 0.0663. The van der Waals surface area contributed by atoms with Crippen LogP contribution < -0.4 is 15.8 Å². The number of carbonyl (C=O) groups excluding carboxylic acids is 2. The van der Waals surface area contributed by atoms with Crippen LogP contribution in [0.4, 0.5) is 5.69 Å². The molecule has 0 saturated carbocycles. The molecule has 1 heterocycles. The number of hydrogen-bond acceptors (Lipinski definition) is 6. The van der Waals surface area contributed by atoms with Gasteiger partial charge in [0.1, 0.15) is 11.9 Å². The van der Waals surface area contributed by atoms with Crippen LogP contribution in [0.2, 0.25) is 0 Å². The molecule has 0 bridgehead atoms. The summed E-state index contributed by atoms with van der Waals surface area (Å²) in [6, 6.07) is 12.2. The van der Waals surface area contributed by atoms with E-state index in [1.165, 1.54) is 0 Å². The number of nitrogens with zero attached hydrogens (tertiary/aromatic N) is 2. The third-order valence-electron chi connectivity index (χ3n) is 5.62. The number of likely N-dealkylation sites (tertiary alicyclic amines) is 1. The topological polar surface area (TPSA) is 121 Å². The van der Waals surface area contributed by atoms with E-state index >= 15 is 0 Å². The van der Waals surface area contributed by atoms with E-state index in [0.717, 1.165) is 25.0 Å². The van der Waals surface area contributed by atoms with Gasteiger partial charge in [-0.2, -0.15) is 0 Å². The van der Waals surface area contributed by atoms with Gasteiger partial charge in [-0.05, 0) is 48.5 Å². The van der Waals surface area contributed by atoms with Gasteiger partial charge in [0.2, 0.25) is 6.41 Å². The van der Waals surface area contributed by atoms with Crippen LogP contribution in [0.1, 0.15) is 34.3 Å². The molecule has 2 aromatic rings. The van der Waals surface area contributed by atoms with Gasteiger partial charge in [-0.25, -0.2) is 0 Å². The smallest absolute Gasteiger partial charge is 0.251 e. The Morgan fingerprint density at radius 3 is 2.57 bits per heavy atom. The minimum Gasteiger partial charge on any atom is -0.490 e. The number of piperidine rings is 1. The average Bonchev–Trinajstić information content (AvgIpc) is 2.89. The van der Waals surface area contributed by atoms with Gasteiger partial charge in [-0.15, -0.1) is 0 Å². The lowest BCUT2D eigenvalue weighted by atomic mass is 9.98. The van der Waals surface area contributed by atoms with E-state index in [1.54, 1.807) is 47.5 Å². The summed E-state index contributed by atoms with van der Waals surface area (Å²) in [6.45, 7) is 5.82. The van der Waals surface area contributed by atoms with Gasteiger partial charge in [0, 0.05) is 61.1 Å². The van der Waals surface area contributed by atoms with E-state index < -0.39 is 0 Å². The monoisotopic (exact) mass is 473 g/mol. The van der Waals surface area contributed by atoms with Crippen molar-refractivity contribution in [3.63, 3.8) is 0 Å². The van der Waals surface area contributed by atoms with Crippen LogP contribution in [0.15, 0.2) is 72.3 Å². The number of hydrogen-bond donors (Lipinski definition) is 3. The molecule has 1 aliphatic rings. The number of carbonyl (C=O) groups is 2. The predicted octanol–water partition coefficient (Wildman–Crippen LogP) is 3.23. The van der Waals surface area contributed by atoms with E-state index in [9.17, 15) is 9.59 Å². The van der Waals surface area contributed by atoms with Crippen LogP contribution in [-0.2, 0) is 4.79 Å². The van der Waals surface area contributed by atoms with Gasteiger partial charge < -0.3 is 20.7 Å². The van der Waals surface area contributed by atoms with Crippen molar-refractivity contribution in [3.05, 3.63) is 84.0 Å². The molecule has 1 fully saturated rings. The summed E-state index contributed by atoms with van der Waals surface area (Å²) in [5.74, 6) is 0.468. The van der Waals surface area contributed by atoms with Crippen molar-refractivity contribution in [1.82, 2.24) is 10.2 Å². The average molecular weight is 474 g/mol. The maximum absolute atomic E-state index is 12.5. The van der Waals surface area contributed by atoms with Crippen LogP contribution in [0.3, 0.4) is 0 Å². The first kappa shape index (κ1) is 25.4. The summed E-state index contributed by atoms with van der Waals surface area (Å²) in [4.78, 5) is 29.3. The molecule has 2 amide bonds. The van der Waals surface area contributed by atoms with E-state index in [1.807, 2.05) is 24.3 Å². The summed E-state index contributed by atoms with van der Waals surface area (Å²) in [7, 11) is 0. The molecule has 8 heteroatoms. The summed E-state index contributed by atoms with van der Waals surface area (Å²) < 4.78 is 6.03. The lowest BCUT2D eigenvalue weighted by Crippen LogP contribution is -2.37. The van der Waals surface area contributed by atoms with E-state index in [2.05, 4.69) is 16.9 Å². The molecule has 8 nitrogen and oxygen atoms in total. The van der Waals surface area contributed by atoms with Gasteiger partial charge in [-0.1, -0.05) is 18.7 Å². The number of nitrogen functional groups attached to an aromatic ring is 1. The van der Waals surface area contributed by atoms with E-state index in [0.29, 0.717) is 48.6 Å². The molecule has 1 aliphatic heterocycles. The zero-order chi connectivity index (χ0) is 25.0. The Morgan fingerprint density at radius 1 is 1.17 bits per heavy atom. The summed E-state index contributed by atoms with van der Waals surface area (Å²) in [6.07, 6.45) is 9.38. The molecular weight excluding hydrogens is 442 g/mol. The summed E-state index contributed by atoms with van der Waals surface area (Å²) >= 11 is 0. The van der Waals surface area contributed by atoms with Crippen molar-refractivity contribution in [2.45, 2.75) is 18.9 Å². The maximum Gasteiger partial charge on any atom is 0.251 e. The second-order valence-electron chi connectivity index (χ2n) is 8.09. The molecular formula is C27H31N5O3. The third-order valence-corrected chi connectivity index (χ3v) is 5.62. The second-order valence-corrected chi connectivity index (χ2v) is 8.09. The van der Waals surface area contributed by atoms with Gasteiger partial charge in [-0.3, -0.25) is 20.0 Å². The first-order chi connectivity index (χ1) is 17.0. The first-order valence-corrected chi connectivity index (χ1v) is 11.5. The van der Waals surface area contributed by atoms with Crippen molar-refractivity contribution in [3.8, 4) is 5.75 Å². The molecule has 0 aliphatic carbocycles. The molecule has 182 valence electrons. The molecule has 35 heavy (non-hydrogen) atoms. The normalized spacial score (nSPS) is 14.2. The van der Waals surface area contributed by atoms with Gasteiger partial charge in [0.25, 0.3) is 5.91 Å². The highest BCUT2D eigenvalue weighted by atomic mass is 16.5. The highest BCUT2D eigenvalue weighted by Gasteiger charge is 2.19. The Morgan fingerprint density at radius 2 is 1.89 bits per heavy atom. The minimum atomic E-state index is -0.250. The molecule has 0 atom stereocenters. The molecule has 1 saturated heterocycles. The van der Waals surface area contributed by atoms with Crippen LogP contribution >= 0.6 is 0 Å². The molecule has 0 radical (unpaired) electrons. The zero-order valence-corrected chi connectivity index (χ0v) is 19.7. The fraction of sp³-hybridized carbons (Fsp3) is 0.259. The zero-order valence-electron chi connectivity index (χ0n) is 19.7. The van der Waals surface area contributed by atoms with Crippen molar-refractivity contribution >= 4 is 29.9 Å². The number of nitrogens with one attached hydrogen (secondary N) is 2. The lowest BCUT2D eigenvalue weighted by Gasteiger charge is -2.29. The highest BCUT2D eigenvalue weighted by molar-refractivity contribution is 6.14. The maximum atomic E-state index is 12.5. The Balaban J connectivity index is 1.59. The lowest BCUT2D eigenvalue weighted by molar-refractivity contribution is -0.119. The van der Waals surface area contributed by atoms with Crippen molar-refractivity contribution in [1.29, 1.82) is 5.41 Å². The van der Waals surface area contributed by atoms with Crippen molar-refractivity contribution in [2.24, 2.45) is 4.99 Å². The third kappa shape index (κ3) is 7.40. The number of rotatable bonds is 11. The Labute approximate surface area is 205 Å². The number of nitrogens with two attached hydrogens (primary N) is 1. The number of amides is 2. The van der Waals surface area contributed by atoms with Crippen LogP contribution in [0.5, 0.6) is 5.75 Å². The fourth-order valence-electron chi connectivity index (χ4n) is 3.66. The Hall–Kier alpha value is -4.20. The SMILES string of the molecule is C=C/C=C\C=NCCNC(=O)c1ccc(N)c(C(=N)c2ccc(OC3CCN(C=O)CC3)cc2)c1.